The molecule has 1 nitrogen and oxygen atoms in total. The second-order valence-electron chi connectivity index (χ2n) is 3.77. The molecular weight excluding hydrogens is 154 g/mol. The standard InChI is InChI=1S/C9H17NS/c1-9(2,11-10)7-6-8-4-3-5-8/h6-8H,3-5,10H2,1-2H3. The van der Waals surface area contributed by atoms with Crippen molar-refractivity contribution in [2.24, 2.45) is 11.1 Å². The van der Waals surface area contributed by atoms with Crippen LogP contribution in [0.3, 0.4) is 0 Å². The summed E-state index contributed by atoms with van der Waals surface area (Å²) in [6.45, 7) is 4.29. The van der Waals surface area contributed by atoms with Crippen molar-refractivity contribution >= 4 is 11.9 Å². The number of hydrogen-bond donors (Lipinski definition) is 1. The van der Waals surface area contributed by atoms with Crippen molar-refractivity contribution in [2.75, 3.05) is 0 Å². The maximum absolute atomic E-state index is 5.52. The van der Waals surface area contributed by atoms with Gasteiger partial charge in [-0.3, -0.25) is 5.14 Å². The quantitative estimate of drug-likeness (QED) is 0.522. The second kappa shape index (κ2) is 3.63. The fourth-order valence-corrected chi connectivity index (χ4v) is 1.20. The molecule has 0 aromatic carbocycles. The van der Waals surface area contributed by atoms with Crippen LogP contribution in [0.25, 0.3) is 0 Å². The highest BCUT2D eigenvalue weighted by molar-refractivity contribution is 7.98. The average Bonchev–Trinajstić information content (AvgIpc) is 1.84. The zero-order valence-corrected chi connectivity index (χ0v) is 8.16. The highest BCUT2D eigenvalue weighted by Crippen LogP contribution is 2.29. The first-order chi connectivity index (χ1) is 5.14. The van der Waals surface area contributed by atoms with Crippen molar-refractivity contribution in [3.05, 3.63) is 12.2 Å². The van der Waals surface area contributed by atoms with Crippen LogP contribution in [0.5, 0.6) is 0 Å². The Bertz CT molecular complexity index is 148. The number of nitrogens with two attached hydrogens (primary N) is 1. The summed E-state index contributed by atoms with van der Waals surface area (Å²) in [5, 5.41) is 5.52. The van der Waals surface area contributed by atoms with Crippen LogP contribution in [-0.4, -0.2) is 4.75 Å². The van der Waals surface area contributed by atoms with Gasteiger partial charge in [0, 0.05) is 4.75 Å². The fourth-order valence-electron chi connectivity index (χ4n) is 1.04. The Kier molecular flexibility index (Phi) is 3.02. The Labute approximate surface area is 73.6 Å². The van der Waals surface area contributed by atoms with Gasteiger partial charge in [0.05, 0.1) is 0 Å². The van der Waals surface area contributed by atoms with Crippen LogP contribution in [0.1, 0.15) is 33.1 Å². The van der Waals surface area contributed by atoms with Crippen LogP contribution in [0.4, 0.5) is 0 Å². The summed E-state index contributed by atoms with van der Waals surface area (Å²) < 4.78 is 0.121. The molecule has 0 amide bonds. The van der Waals surface area contributed by atoms with Gasteiger partial charge in [-0.25, -0.2) is 0 Å². The van der Waals surface area contributed by atoms with Crippen molar-refractivity contribution < 1.29 is 0 Å². The minimum atomic E-state index is 0.121. The van der Waals surface area contributed by atoms with E-state index in [9.17, 15) is 0 Å². The Morgan fingerprint density at radius 2 is 2.09 bits per heavy atom. The van der Waals surface area contributed by atoms with Gasteiger partial charge in [0.25, 0.3) is 0 Å². The first-order valence-corrected chi connectivity index (χ1v) is 5.09. The van der Waals surface area contributed by atoms with Crippen LogP contribution in [0.2, 0.25) is 0 Å². The van der Waals surface area contributed by atoms with Crippen molar-refractivity contribution in [3.63, 3.8) is 0 Å². The van der Waals surface area contributed by atoms with E-state index in [-0.39, 0.29) is 4.75 Å². The molecule has 11 heavy (non-hydrogen) atoms. The highest BCUT2D eigenvalue weighted by atomic mass is 32.2. The summed E-state index contributed by atoms with van der Waals surface area (Å²) in [5.74, 6) is 0.849. The highest BCUT2D eigenvalue weighted by Gasteiger charge is 2.17. The van der Waals surface area contributed by atoms with Gasteiger partial charge in [0.2, 0.25) is 0 Å². The molecule has 64 valence electrons. The van der Waals surface area contributed by atoms with E-state index in [1.54, 1.807) is 0 Å². The van der Waals surface area contributed by atoms with Crippen molar-refractivity contribution in [1.82, 2.24) is 0 Å². The molecule has 2 heteroatoms. The number of hydrogen-bond acceptors (Lipinski definition) is 2. The lowest BCUT2D eigenvalue weighted by atomic mass is 9.85. The summed E-state index contributed by atoms with van der Waals surface area (Å²) in [6.07, 6.45) is 8.72. The van der Waals surface area contributed by atoms with E-state index in [1.807, 2.05) is 0 Å². The van der Waals surface area contributed by atoms with E-state index in [1.165, 1.54) is 31.2 Å². The normalized spacial score (nSPS) is 20.6. The first kappa shape index (κ1) is 9.14. The summed E-state index contributed by atoms with van der Waals surface area (Å²) in [6, 6.07) is 0. The van der Waals surface area contributed by atoms with Crippen molar-refractivity contribution in [3.8, 4) is 0 Å². The van der Waals surface area contributed by atoms with E-state index >= 15 is 0 Å². The van der Waals surface area contributed by atoms with Crippen molar-refractivity contribution in [1.29, 1.82) is 0 Å². The maximum atomic E-state index is 5.52. The molecule has 0 atom stereocenters. The van der Waals surface area contributed by atoms with Crippen LogP contribution >= 0.6 is 11.9 Å². The van der Waals surface area contributed by atoms with Gasteiger partial charge < -0.3 is 0 Å². The zero-order valence-electron chi connectivity index (χ0n) is 7.34. The second-order valence-corrected chi connectivity index (χ2v) is 5.06. The third-order valence-electron chi connectivity index (χ3n) is 2.22. The van der Waals surface area contributed by atoms with Gasteiger partial charge in [0.1, 0.15) is 0 Å². The SMILES string of the molecule is CC(C)(C=CC1CCC1)SN. The third kappa shape index (κ3) is 2.88. The minimum absolute atomic E-state index is 0.121. The molecule has 1 fully saturated rings. The molecule has 0 saturated heterocycles. The lowest BCUT2D eigenvalue weighted by Gasteiger charge is -2.23. The predicted molar refractivity (Wildman–Crippen MR) is 52.3 cm³/mol. The Morgan fingerprint density at radius 3 is 2.45 bits per heavy atom. The molecule has 0 aliphatic heterocycles. The van der Waals surface area contributed by atoms with E-state index in [0.29, 0.717) is 0 Å². The van der Waals surface area contributed by atoms with E-state index in [4.69, 9.17) is 5.14 Å². The van der Waals surface area contributed by atoms with Gasteiger partial charge in [-0.2, -0.15) is 0 Å². The molecule has 0 bridgehead atoms. The monoisotopic (exact) mass is 171 g/mol. The number of allylic oxidation sites excluding steroid dienone is 1. The molecule has 0 spiro atoms. The van der Waals surface area contributed by atoms with E-state index in [0.717, 1.165) is 5.92 Å². The maximum Gasteiger partial charge on any atom is 0.0425 e. The molecule has 1 saturated carbocycles. The van der Waals surface area contributed by atoms with E-state index in [2.05, 4.69) is 26.0 Å². The largest absolute Gasteiger partial charge is 0.277 e. The van der Waals surface area contributed by atoms with Crippen molar-refractivity contribution in [2.45, 2.75) is 37.9 Å². The van der Waals surface area contributed by atoms with Crippen LogP contribution in [0.15, 0.2) is 12.2 Å². The lowest BCUT2D eigenvalue weighted by Crippen LogP contribution is -2.15. The molecule has 1 aliphatic rings. The minimum Gasteiger partial charge on any atom is -0.277 e. The summed E-state index contributed by atoms with van der Waals surface area (Å²) in [5.41, 5.74) is 0. The van der Waals surface area contributed by atoms with Gasteiger partial charge in [-0.15, -0.1) is 0 Å². The topological polar surface area (TPSA) is 26.0 Å². The molecule has 0 unspecified atom stereocenters. The molecular formula is C9H17NS. The predicted octanol–water partition coefficient (Wildman–Crippen LogP) is 2.73. The average molecular weight is 171 g/mol. The van der Waals surface area contributed by atoms with Gasteiger partial charge >= 0.3 is 0 Å². The molecule has 0 radical (unpaired) electrons. The summed E-state index contributed by atoms with van der Waals surface area (Å²) in [7, 11) is 0. The summed E-state index contributed by atoms with van der Waals surface area (Å²) >= 11 is 1.42. The molecule has 2 N–H and O–H groups in total. The Morgan fingerprint density at radius 1 is 1.45 bits per heavy atom. The molecule has 0 aromatic rings. The Balaban J connectivity index is 2.32. The molecule has 1 rings (SSSR count). The first-order valence-electron chi connectivity index (χ1n) is 4.21. The molecule has 1 aliphatic carbocycles. The third-order valence-corrected chi connectivity index (χ3v) is 2.97. The van der Waals surface area contributed by atoms with Gasteiger partial charge in [-0.1, -0.05) is 30.5 Å². The summed E-state index contributed by atoms with van der Waals surface area (Å²) in [4.78, 5) is 0. The van der Waals surface area contributed by atoms with Crippen LogP contribution in [-0.2, 0) is 0 Å². The molecule has 0 heterocycles. The molecule has 0 aromatic heterocycles. The number of rotatable bonds is 3. The zero-order chi connectivity index (χ0) is 8.32. The lowest BCUT2D eigenvalue weighted by molar-refractivity contribution is 0.386. The Hall–Kier alpha value is 0.0500. The van der Waals surface area contributed by atoms with Gasteiger partial charge in [-0.05, 0) is 32.6 Å². The smallest absolute Gasteiger partial charge is 0.0425 e. The van der Waals surface area contributed by atoms with E-state index < -0.39 is 0 Å². The van der Waals surface area contributed by atoms with Gasteiger partial charge in [0.15, 0.2) is 0 Å². The van der Waals surface area contributed by atoms with Crippen LogP contribution < -0.4 is 5.14 Å². The van der Waals surface area contributed by atoms with Crippen LogP contribution in [0, 0.1) is 5.92 Å². The fraction of sp³-hybridized carbons (Fsp3) is 0.778.